The SMILES string of the molecule is CCC1CCC(C#N)(C(O)c2cccc(C)c2)CC1. The molecular weight excluding hydrogens is 234 g/mol. The van der Waals surface area contributed by atoms with E-state index < -0.39 is 11.5 Å². The maximum atomic E-state index is 10.7. The van der Waals surface area contributed by atoms with Crippen molar-refractivity contribution in [2.24, 2.45) is 11.3 Å². The van der Waals surface area contributed by atoms with Gasteiger partial charge in [-0.15, -0.1) is 0 Å². The van der Waals surface area contributed by atoms with Crippen molar-refractivity contribution < 1.29 is 5.11 Å². The van der Waals surface area contributed by atoms with Crippen LogP contribution in [-0.4, -0.2) is 5.11 Å². The summed E-state index contributed by atoms with van der Waals surface area (Å²) in [5, 5.41) is 20.2. The maximum Gasteiger partial charge on any atom is 0.0976 e. The van der Waals surface area contributed by atoms with Crippen LogP contribution in [0.1, 0.15) is 56.3 Å². The number of nitrogens with zero attached hydrogens (tertiary/aromatic N) is 1. The quantitative estimate of drug-likeness (QED) is 0.884. The van der Waals surface area contributed by atoms with E-state index in [1.165, 1.54) is 6.42 Å². The van der Waals surface area contributed by atoms with Gasteiger partial charge in [-0.25, -0.2) is 0 Å². The predicted octanol–water partition coefficient (Wildman–Crippen LogP) is 4.14. The van der Waals surface area contributed by atoms with E-state index in [9.17, 15) is 10.4 Å². The summed E-state index contributed by atoms with van der Waals surface area (Å²) in [6.07, 6.45) is 4.28. The van der Waals surface area contributed by atoms with Crippen LogP contribution >= 0.6 is 0 Å². The molecule has 0 aromatic heterocycles. The van der Waals surface area contributed by atoms with Gasteiger partial charge in [0, 0.05) is 0 Å². The van der Waals surface area contributed by atoms with Gasteiger partial charge in [-0.2, -0.15) is 5.26 Å². The molecule has 1 aromatic carbocycles. The topological polar surface area (TPSA) is 44.0 Å². The van der Waals surface area contributed by atoms with Gasteiger partial charge in [0.05, 0.1) is 17.6 Å². The van der Waals surface area contributed by atoms with Gasteiger partial charge in [0.25, 0.3) is 0 Å². The van der Waals surface area contributed by atoms with E-state index in [0.717, 1.165) is 42.7 Å². The van der Waals surface area contributed by atoms with Crippen LogP contribution in [0.3, 0.4) is 0 Å². The molecule has 2 heteroatoms. The van der Waals surface area contributed by atoms with Gasteiger partial charge in [0.15, 0.2) is 0 Å². The molecule has 1 N–H and O–H groups in total. The highest BCUT2D eigenvalue weighted by molar-refractivity contribution is 5.27. The molecule has 1 atom stereocenters. The molecule has 0 spiro atoms. The monoisotopic (exact) mass is 257 g/mol. The van der Waals surface area contributed by atoms with Crippen molar-refractivity contribution in [2.75, 3.05) is 0 Å². The molecule has 102 valence electrons. The molecule has 0 heterocycles. The first kappa shape index (κ1) is 14.1. The van der Waals surface area contributed by atoms with Gasteiger partial charge in [-0.3, -0.25) is 0 Å². The van der Waals surface area contributed by atoms with Gasteiger partial charge >= 0.3 is 0 Å². The Morgan fingerprint density at radius 1 is 1.42 bits per heavy atom. The number of aryl methyl sites for hydroxylation is 1. The van der Waals surface area contributed by atoms with E-state index in [1.54, 1.807) is 0 Å². The summed E-state index contributed by atoms with van der Waals surface area (Å²) in [7, 11) is 0. The van der Waals surface area contributed by atoms with Crippen molar-refractivity contribution in [1.82, 2.24) is 0 Å². The number of benzene rings is 1. The number of aliphatic hydroxyl groups excluding tert-OH is 1. The second kappa shape index (κ2) is 5.75. The molecule has 2 rings (SSSR count). The summed E-state index contributed by atoms with van der Waals surface area (Å²) in [6.45, 7) is 4.23. The Morgan fingerprint density at radius 2 is 2.11 bits per heavy atom. The molecule has 0 saturated heterocycles. The fourth-order valence-corrected chi connectivity index (χ4v) is 3.21. The molecule has 1 aromatic rings. The zero-order valence-electron chi connectivity index (χ0n) is 11.9. The summed E-state index contributed by atoms with van der Waals surface area (Å²) >= 11 is 0. The first-order valence-corrected chi connectivity index (χ1v) is 7.27. The van der Waals surface area contributed by atoms with Crippen LogP contribution in [0.4, 0.5) is 0 Å². The summed E-state index contributed by atoms with van der Waals surface area (Å²) < 4.78 is 0. The molecule has 1 unspecified atom stereocenters. The van der Waals surface area contributed by atoms with Crippen molar-refractivity contribution in [3.8, 4) is 6.07 Å². The Hall–Kier alpha value is -1.33. The third-order valence-electron chi connectivity index (χ3n) is 4.68. The van der Waals surface area contributed by atoms with Gasteiger partial charge in [0.1, 0.15) is 0 Å². The van der Waals surface area contributed by atoms with Gasteiger partial charge in [0.2, 0.25) is 0 Å². The summed E-state index contributed by atoms with van der Waals surface area (Å²) in [6, 6.07) is 10.3. The zero-order chi connectivity index (χ0) is 13.9. The van der Waals surface area contributed by atoms with Gasteiger partial charge in [-0.1, -0.05) is 43.2 Å². The molecule has 1 aliphatic rings. The van der Waals surface area contributed by atoms with Crippen molar-refractivity contribution in [1.29, 1.82) is 5.26 Å². The van der Waals surface area contributed by atoms with Gasteiger partial charge in [-0.05, 0) is 44.1 Å². The normalized spacial score (nSPS) is 28.6. The van der Waals surface area contributed by atoms with Crippen LogP contribution in [0, 0.1) is 29.6 Å². The van der Waals surface area contributed by atoms with Crippen LogP contribution in [-0.2, 0) is 0 Å². The first-order chi connectivity index (χ1) is 9.11. The number of rotatable bonds is 3. The molecule has 0 radical (unpaired) electrons. The molecule has 0 amide bonds. The highest BCUT2D eigenvalue weighted by atomic mass is 16.3. The van der Waals surface area contributed by atoms with E-state index in [2.05, 4.69) is 13.0 Å². The Balaban J connectivity index is 2.21. The first-order valence-electron chi connectivity index (χ1n) is 7.27. The smallest absolute Gasteiger partial charge is 0.0976 e. The highest BCUT2D eigenvalue weighted by Crippen LogP contribution is 2.47. The Bertz CT molecular complexity index is 466. The number of aliphatic hydroxyl groups is 1. The zero-order valence-corrected chi connectivity index (χ0v) is 11.9. The number of nitriles is 1. The summed E-state index contributed by atoms with van der Waals surface area (Å²) in [4.78, 5) is 0. The second-order valence-corrected chi connectivity index (χ2v) is 5.94. The van der Waals surface area contributed by atoms with E-state index in [0.29, 0.717) is 0 Å². The second-order valence-electron chi connectivity index (χ2n) is 5.94. The average molecular weight is 257 g/mol. The van der Waals surface area contributed by atoms with Crippen molar-refractivity contribution in [2.45, 2.75) is 52.1 Å². The predicted molar refractivity (Wildman–Crippen MR) is 76.4 cm³/mol. The molecule has 1 fully saturated rings. The molecule has 1 saturated carbocycles. The number of hydrogen-bond donors (Lipinski definition) is 1. The lowest BCUT2D eigenvalue weighted by Gasteiger charge is -2.38. The van der Waals surface area contributed by atoms with Crippen molar-refractivity contribution >= 4 is 0 Å². The van der Waals surface area contributed by atoms with Crippen molar-refractivity contribution in [3.05, 3.63) is 35.4 Å². The van der Waals surface area contributed by atoms with Crippen LogP contribution in [0.2, 0.25) is 0 Å². The van der Waals surface area contributed by atoms with E-state index >= 15 is 0 Å². The third kappa shape index (κ3) is 2.82. The lowest BCUT2D eigenvalue weighted by atomic mass is 9.66. The third-order valence-corrected chi connectivity index (χ3v) is 4.68. The fourth-order valence-electron chi connectivity index (χ4n) is 3.21. The van der Waals surface area contributed by atoms with E-state index in [-0.39, 0.29) is 0 Å². The minimum Gasteiger partial charge on any atom is -0.387 e. The number of hydrogen-bond acceptors (Lipinski definition) is 2. The van der Waals surface area contributed by atoms with Crippen LogP contribution in [0.25, 0.3) is 0 Å². The Kier molecular flexibility index (Phi) is 4.27. The van der Waals surface area contributed by atoms with Crippen LogP contribution in [0.5, 0.6) is 0 Å². The average Bonchev–Trinajstić information content (AvgIpc) is 2.46. The molecular formula is C17H23NO. The molecule has 0 bridgehead atoms. The molecule has 2 nitrogen and oxygen atoms in total. The summed E-state index contributed by atoms with van der Waals surface area (Å²) in [5.74, 6) is 0.728. The molecule has 1 aliphatic carbocycles. The molecule has 19 heavy (non-hydrogen) atoms. The highest BCUT2D eigenvalue weighted by Gasteiger charge is 2.42. The minimum atomic E-state index is -0.657. The summed E-state index contributed by atoms with van der Waals surface area (Å²) in [5.41, 5.74) is 1.43. The molecule has 0 aliphatic heterocycles. The Labute approximate surface area is 116 Å². The fraction of sp³-hybridized carbons (Fsp3) is 0.588. The Morgan fingerprint density at radius 3 is 2.63 bits per heavy atom. The van der Waals surface area contributed by atoms with E-state index in [4.69, 9.17) is 0 Å². The maximum absolute atomic E-state index is 10.7. The lowest BCUT2D eigenvalue weighted by molar-refractivity contribution is 0.0242. The van der Waals surface area contributed by atoms with Crippen LogP contribution < -0.4 is 0 Å². The van der Waals surface area contributed by atoms with Crippen molar-refractivity contribution in [3.63, 3.8) is 0 Å². The minimum absolute atomic E-state index is 0.584. The van der Waals surface area contributed by atoms with Crippen LogP contribution in [0.15, 0.2) is 24.3 Å². The van der Waals surface area contributed by atoms with Gasteiger partial charge < -0.3 is 5.11 Å². The lowest BCUT2D eigenvalue weighted by Crippen LogP contribution is -2.32. The standard InChI is InChI=1S/C17H23NO/c1-3-14-7-9-17(12-18,10-8-14)16(19)15-6-4-5-13(2)11-15/h4-6,11,14,16,19H,3,7-10H2,1-2H3. The largest absolute Gasteiger partial charge is 0.387 e. The van der Waals surface area contributed by atoms with E-state index in [1.807, 2.05) is 31.2 Å².